The van der Waals surface area contributed by atoms with Crippen molar-refractivity contribution in [1.29, 1.82) is 0 Å². The lowest BCUT2D eigenvalue weighted by atomic mass is 9.89. The topological polar surface area (TPSA) is 69.2 Å². The zero-order valence-corrected chi connectivity index (χ0v) is 10.5. The van der Waals surface area contributed by atoms with Crippen LogP contribution in [0.2, 0.25) is 0 Å². The molecule has 1 fully saturated rings. The molecule has 0 aromatic heterocycles. The first-order valence-electron chi connectivity index (χ1n) is 5.17. The monoisotopic (exact) mass is 284 g/mol. The Labute approximate surface area is 102 Å². The van der Waals surface area contributed by atoms with Crippen LogP contribution in [0.3, 0.4) is 0 Å². The minimum atomic E-state index is -0.370. The first-order chi connectivity index (χ1) is 7.47. The summed E-state index contributed by atoms with van der Waals surface area (Å²) in [5.74, 6) is 0. The van der Waals surface area contributed by atoms with Gasteiger partial charge in [-0.25, -0.2) is 0 Å². The first kappa shape index (κ1) is 11.5. The quantitative estimate of drug-likeness (QED) is 0.685. The van der Waals surface area contributed by atoms with Gasteiger partial charge in [-0.2, -0.15) is 0 Å². The van der Waals surface area contributed by atoms with Crippen LogP contribution < -0.4 is 5.73 Å². The molecule has 0 bridgehead atoms. The van der Waals surface area contributed by atoms with Gasteiger partial charge in [0.1, 0.15) is 0 Å². The van der Waals surface area contributed by atoms with Gasteiger partial charge in [-0.05, 0) is 47.3 Å². The second kappa shape index (κ2) is 3.82. The zero-order valence-electron chi connectivity index (χ0n) is 8.94. The van der Waals surface area contributed by atoms with Crippen LogP contribution in [0, 0.1) is 10.1 Å². The lowest BCUT2D eigenvalue weighted by Gasteiger charge is -2.19. The summed E-state index contributed by atoms with van der Waals surface area (Å²) < 4.78 is 0.515. The summed E-state index contributed by atoms with van der Waals surface area (Å²) in [5, 5.41) is 10.8. The van der Waals surface area contributed by atoms with Crippen LogP contribution in [-0.4, -0.2) is 11.0 Å². The molecule has 0 saturated heterocycles. The highest BCUT2D eigenvalue weighted by molar-refractivity contribution is 9.10. The van der Waals surface area contributed by atoms with Crippen molar-refractivity contribution in [1.82, 2.24) is 0 Å². The van der Waals surface area contributed by atoms with E-state index in [0.717, 1.165) is 18.4 Å². The highest BCUT2D eigenvalue weighted by Crippen LogP contribution is 2.51. The van der Waals surface area contributed by atoms with Gasteiger partial charge < -0.3 is 5.73 Å². The Morgan fingerprint density at radius 3 is 2.62 bits per heavy atom. The van der Waals surface area contributed by atoms with Crippen LogP contribution in [0.4, 0.5) is 5.69 Å². The maximum Gasteiger partial charge on any atom is 0.283 e. The van der Waals surface area contributed by atoms with Gasteiger partial charge in [-0.1, -0.05) is 6.07 Å². The molecule has 1 aromatic rings. The first-order valence-corrected chi connectivity index (χ1v) is 5.97. The van der Waals surface area contributed by atoms with E-state index in [9.17, 15) is 10.1 Å². The summed E-state index contributed by atoms with van der Waals surface area (Å²) in [6.07, 6.45) is 2.03. The van der Waals surface area contributed by atoms with Crippen LogP contribution >= 0.6 is 15.9 Å². The molecule has 0 spiro atoms. The SMILES string of the molecule is CC(N)C1(c2ccc(Br)c([N+](=O)[O-])c2)CC1. The third-order valence-corrected chi connectivity index (χ3v) is 4.05. The number of nitrogens with two attached hydrogens (primary N) is 1. The van der Waals surface area contributed by atoms with Gasteiger partial charge in [0.15, 0.2) is 0 Å². The smallest absolute Gasteiger partial charge is 0.283 e. The van der Waals surface area contributed by atoms with Gasteiger partial charge in [-0.3, -0.25) is 10.1 Å². The summed E-state index contributed by atoms with van der Waals surface area (Å²) >= 11 is 3.18. The number of benzene rings is 1. The van der Waals surface area contributed by atoms with Crippen molar-refractivity contribution in [3.63, 3.8) is 0 Å². The minimum Gasteiger partial charge on any atom is -0.327 e. The number of nitrogens with zero attached hydrogens (tertiary/aromatic N) is 1. The standard InChI is InChI=1S/C11H13BrN2O2/c1-7(13)11(4-5-11)8-2-3-9(12)10(6-8)14(15)16/h2-3,6-7H,4-5,13H2,1H3. The highest BCUT2D eigenvalue weighted by atomic mass is 79.9. The van der Waals surface area contributed by atoms with E-state index in [1.807, 2.05) is 13.0 Å². The Kier molecular flexibility index (Phi) is 2.75. The number of halogens is 1. The molecule has 1 aromatic carbocycles. The molecule has 0 heterocycles. The summed E-state index contributed by atoms with van der Waals surface area (Å²) in [4.78, 5) is 10.5. The lowest BCUT2D eigenvalue weighted by molar-refractivity contribution is -0.385. The predicted molar refractivity (Wildman–Crippen MR) is 65.4 cm³/mol. The Morgan fingerprint density at radius 1 is 1.56 bits per heavy atom. The van der Waals surface area contributed by atoms with E-state index in [1.165, 1.54) is 0 Å². The third-order valence-electron chi connectivity index (χ3n) is 3.38. The van der Waals surface area contributed by atoms with E-state index >= 15 is 0 Å². The van der Waals surface area contributed by atoms with Crippen LogP contribution in [0.25, 0.3) is 0 Å². The Morgan fingerprint density at radius 2 is 2.19 bits per heavy atom. The second-order valence-corrected chi connectivity index (χ2v) is 5.22. The maximum absolute atomic E-state index is 10.8. The Hall–Kier alpha value is -0.940. The molecule has 1 unspecified atom stereocenters. The minimum absolute atomic E-state index is 0.0354. The van der Waals surface area contributed by atoms with Crippen molar-refractivity contribution in [2.24, 2.45) is 5.73 Å². The van der Waals surface area contributed by atoms with Gasteiger partial charge in [0.05, 0.1) is 9.40 Å². The number of hydrogen-bond donors (Lipinski definition) is 1. The summed E-state index contributed by atoms with van der Waals surface area (Å²) in [5.41, 5.74) is 7.01. The van der Waals surface area contributed by atoms with Gasteiger partial charge in [-0.15, -0.1) is 0 Å². The molecule has 2 N–H and O–H groups in total. The molecule has 1 saturated carbocycles. The molecule has 0 radical (unpaired) electrons. The van der Waals surface area contributed by atoms with Crippen molar-refractivity contribution >= 4 is 21.6 Å². The number of nitro groups is 1. The number of hydrogen-bond acceptors (Lipinski definition) is 3. The molecule has 1 atom stereocenters. The fourth-order valence-electron chi connectivity index (χ4n) is 2.10. The highest BCUT2D eigenvalue weighted by Gasteiger charge is 2.47. The molecule has 1 aliphatic carbocycles. The van der Waals surface area contributed by atoms with Gasteiger partial charge >= 0.3 is 0 Å². The maximum atomic E-state index is 10.8. The summed E-state index contributed by atoms with van der Waals surface area (Å²) in [6, 6.07) is 5.33. The lowest BCUT2D eigenvalue weighted by Crippen LogP contribution is -2.31. The Bertz CT molecular complexity index is 442. The van der Waals surface area contributed by atoms with E-state index < -0.39 is 0 Å². The van der Waals surface area contributed by atoms with E-state index in [1.54, 1.807) is 12.1 Å². The van der Waals surface area contributed by atoms with Crippen molar-refractivity contribution in [2.75, 3.05) is 0 Å². The number of nitro benzene ring substituents is 1. The van der Waals surface area contributed by atoms with E-state index in [4.69, 9.17) is 5.73 Å². The molecule has 86 valence electrons. The second-order valence-electron chi connectivity index (χ2n) is 4.37. The van der Waals surface area contributed by atoms with Crippen LogP contribution in [-0.2, 0) is 5.41 Å². The van der Waals surface area contributed by atoms with E-state index in [0.29, 0.717) is 4.47 Å². The Balaban J connectivity index is 2.44. The largest absolute Gasteiger partial charge is 0.327 e. The van der Waals surface area contributed by atoms with Crippen molar-refractivity contribution in [3.8, 4) is 0 Å². The molecule has 16 heavy (non-hydrogen) atoms. The molecular formula is C11H13BrN2O2. The van der Waals surface area contributed by atoms with Gasteiger partial charge in [0.2, 0.25) is 0 Å². The zero-order chi connectivity index (χ0) is 11.9. The van der Waals surface area contributed by atoms with E-state index in [-0.39, 0.29) is 22.1 Å². The third kappa shape index (κ3) is 1.74. The van der Waals surface area contributed by atoms with Gasteiger partial charge in [0, 0.05) is 17.5 Å². The fraction of sp³-hybridized carbons (Fsp3) is 0.455. The van der Waals surface area contributed by atoms with Crippen molar-refractivity contribution in [2.45, 2.75) is 31.2 Å². The molecule has 0 aliphatic heterocycles. The average Bonchev–Trinajstić information content (AvgIpc) is 2.98. The van der Waals surface area contributed by atoms with E-state index in [2.05, 4.69) is 15.9 Å². The fourth-order valence-corrected chi connectivity index (χ4v) is 2.50. The molecular weight excluding hydrogens is 272 g/mol. The average molecular weight is 285 g/mol. The van der Waals surface area contributed by atoms with Crippen LogP contribution in [0.5, 0.6) is 0 Å². The molecule has 4 nitrogen and oxygen atoms in total. The predicted octanol–water partition coefficient (Wildman–Crippen LogP) is 2.74. The normalized spacial score (nSPS) is 19.2. The van der Waals surface area contributed by atoms with Gasteiger partial charge in [0.25, 0.3) is 5.69 Å². The van der Waals surface area contributed by atoms with Crippen LogP contribution in [0.1, 0.15) is 25.3 Å². The summed E-state index contributed by atoms with van der Waals surface area (Å²) in [6.45, 7) is 1.96. The summed E-state index contributed by atoms with van der Waals surface area (Å²) in [7, 11) is 0. The molecule has 2 rings (SSSR count). The molecule has 5 heteroatoms. The molecule has 1 aliphatic rings. The number of rotatable bonds is 3. The molecule has 0 amide bonds. The van der Waals surface area contributed by atoms with Crippen LogP contribution in [0.15, 0.2) is 22.7 Å². The van der Waals surface area contributed by atoms with Crippen molar-refractivity contribution < 1.29 is 4.92 Å². The van der Waals surface area contributed by atoms with Crippen molar-refractivity contribution in [3.05, 3.63) is 38.3 Å².